The van der Waals surface area contributed by atoms with E-state index in [0.29, 0.717) is 0 Å². The molecule has 0 aliphatic rings. The van der Waals surface area contributed by atoms with Crippen LogP contribution in [0.1, 0.15) is 24.1 Å². The zero-order valence-corrected chi connectivity index (χ0v) is 11.6. The van der Waals surface area contributed by atoms with Crippen LogP contribution in [0.4, 0.5) is 18.9 Å². The van der Waals surface area contributed by atoms with Crippen molar-refractivity contribution in [1.29, 1.82) is 0 Å². The zero-order chi connectivity index (χ0) is 14.9. The average molecular weight is 304 g/mol. The largest absolute Gasteiger partial charge is 0.418 e. The Kier molecular flexibility index (Phi) is 3.94. The number of halogens is 4. The van der Waals surface area contributed by atoms with Crippen molar-refractivity contribution >= 4 is 17.3 Å². The minimum absolute atomic E-state index is 0.00162. The van der Waals surface area contributed by atoms with E-state index in [0.717, 1.165) is 11.6 Å². The van der Waals surface area contributed by atoms with Crippen LogP contribution in [0.15, 0.2) is 30.6 Å². The third-order valence-corrected chi connectivity index (χ3v) is 3.12. The lowest BCUT2D eigenvalue weighted by Crippen LogP contribution is -2.13. The normalized spacial score (nSPS) is 13.3. The molecule has 2 rings (SSSR count). The molecule has 7 heteroatoms. The molecule has 108 valence electrons. The maximum atomic E-state index is 13.0. The van der Waals surface area contributed by atoms with Crippen molar-refractivity contribution < 1.29 is 13.2 Å². The van der Waals surface area contributed by atoms with Crippen LogP contribution in [-0.2, 0) is 13.2 Å². The summed E-state index contributed by atoms with van der Waals surface area (Å²) in [7, 11) is 1.75. The van der Waals surface area contributed by atoms with Crippen LogP contribution >= 0.6 is 11.6 Å². The van der Waals surface area contributed by atoms with Crippen LogP contribution < -0.4 is 5.32 Å². The highest BCUT2D eigenvalue weighted by Crippen LogP contribution is 2.37. The van der Waals surface area contributed by atoms with E-state index in [1.54, 1.807) is 31.0 Å². The van der Waals surface area contributed by atoms with E-state index in [9.17, 15) is 13.2 Å². The maximum absolute atomic E-state index is 13.0. The van der Waals surface area contributed by atoms with Crippen molar-refractivity contribution in [1.82, 2.24) is 9.78 Å². The molecule has 0 amide bonds. The fraction of sp³-hybridized carbons (Fsp3) is 0.308. The van der Waals surface area contributed by atoms with Crippen LogP contribution in [-0.4, -0.2) is 9.78 Å². The van der Waals surface area contributed by atoms with Gasteiger partial charge in [-0.15, -0.1) is 0 Å². The van der Waals surface area contributed by atoms with Gasteiger partial charge >= 0.3 is 6.18 Å². The Hall–Kier alpha value is -1.69. The molecule has 0 bridgehead atoms. The van der Waals surface area contributed by atoms with Crippen molar-refractivity contribution in [3.63, 3.8) is 0 Å². The van der Waals surface area contributed by atoms with Crippen molar-refractivity contribution in [3.8, 4) is 0 Å². The molecule has 0 aliphatic carbocycles. The van der Waals surface area contributed by atoms with Crippen molar-refractivity contribution in [2.24, 2.45) is 7.05 Å². The Morgan fingerprint density at radius 1 is 1.35 bits per heavy atom. The van der Waals surface area contributed by atoms with Gasteiger partial charge in [0.2, 0.25) is 0 Å². The Morgan fingerprint density at radius 3 is 2.60 bits per heavy atom. The number of nitrogens with zero attached hydrogens (tertiary/aromatic N) is 2. The number of hydrogen-bond acceptors (Lipinski definition) is 2. The van der Waals surface area contributed by atoms with E-state index < -0.39 is 11.7 Å². The molecule has 3 nitrogen and oxygen atoms in total. The molecule has 0 fully saturated rings. The fourth-order valence-electron chi connectivity index (χ4n) is 1.86. The van der Waals surface area contributed by atoms with E-state index in [2.05, 4.69) is 10.4 Å². The number of hydrogen-bond donors (Lipinski definition) is 1. The van der Waals surface area contributed by atoms with Gasteiger partial charge in [0.15, 0.2) is 0 Å². The highest BCUT2D eigenvalue weighted by Gasteiger charge is 2.34. The molecule has 1 aromatic heterocycles. The number of anilines is 1. The van der Waals surface area contributed by atoms with Gasteiger partial charge in [-0.05, 0) is 25.1 Å². The van der Waals surface area contributed by atoms with Gasteiger partial charge in [0.25, 0.3) is 0 Å². The summed E-state index contributed by atoms with van der Waals surface area (Å²) in [5.41, 5.74) is 0.0227. The quantitative estimate of drug-likeness (QED) is 0.918. The first-order valence-corrected chi connectivity index (χ1v) is 6.27. The molecule has 0 saturated heterocycles. The summed E-state index contributed by atoms with van der Waals surface area (Å²) in [5, 5.41) is 6.89. The summed E-state index contributed by atoms with van der Waals surface area (Å²) in [6.07, 6.45) is -1.09. The van der Waals surface area contributed by atoms with Gasteiger partial charge in [-0.3, -0.25) is 4.68 Å². The van der Waals surface area contributed by atoms with E-state index in [4.69, 9.17) is 11.6 Å². The van der Waals surface area contributed by atoms with E-state index in [1.807, 2.05) is 0 Å². The molecular weight excluding hydrogens is 291 g/mol. The summed E-state index contributed by atoms with van der Waals surface area (Å²) in [6, 6.07) is 3.37. The predicted octanol–water partition coefficient (Wildman–Crippen LogP) is 4.27. The Labute approximate surface area is 119 Å². The first kappa shape index (κ1) is 14.7. The summed E-state index contributed by atoms with van der Waals surface area (Å²) >= 11 is 5.64. The summed E-state index contributed by atoms with van der Waals surface area (Å²) in [5.74, 6) is 0. The standard InChI is InChI=1S/C13H13ClF3N3/c1-8(9-6-18-20(2)7-9)19-12-4-3-10(14)5-11(12)13(15,16)17/h3-8,19H,1-2H3. The van der Waals surface area contributed by atoms with Gasteiger partial charge in [-0.25, -0.2) is 0 Å². The second-order valence-electron chi connectivity index (χ2n) is 4.50. The number of rotatable bonds is 3. The number of alkyl halides is 3. The first-order chi connectivity index (χ1) is 9.27. The second kappa shape index (κ2) is 5.36. The van der Waals surface area contributed by atoms with Crippen LogP contribution in [0, 0.1) is 0 Å². The summed E-state index contributed by atoms with van der Waals surface area (Å²) < 4.78 is 40.5. The van der Waals surface area contributed by atoms with E-state index in [1.165, 1.54) is 12.1 Å². The van der Waals surface area contributed by atoms with Gasteiger partial charge in [0, 0.05) is 29.5 Å². The first-order valence-electron chi connectivity index (χ1n) is 5.89. The van der Waals surface area contributed by atoms with Crippen molar-refractivity contribution in [2.45, 2.75) is 19.1 Å². The Bertz CT molecular complexity index is 607. The molecule has 2 aromatic rings. The van der Waals surface area contributed by atoms with Gasteiger partial charge in [0.1, 0.15) is 0 Å². The zero-order valence-electron chi connectivity index (χ0n) is 10.9. The average Bonchev–Trinajstić information content (AvgIpc) is 2.77. The molecule has 0 spiro atoms. The van der Waals surface area contributed by atoms with Crippen molar-refractivity contribution in [3.05, 3.63) is 46.7 Å². The lowest BCUT2D eigenvalue weighted by Gasteiger charge is -2.18. The van der Waals surface area contributed by atoms with Gasteiger partial charge < -0.3 is 5.32 Å². The molecule has 1 heterocycles. The lowest BCUT2D eigenvalue weighted by atomic mass is 10.1. The van der Waals surface area contributed by atoms with Gasteiger partial charge in [-0.1, -0.05) is 11.6 Å². The Balaban J connectivity index is 2.29. The van der Waals surface area contributed by atoms with Crippen molar-refractivity contribution in [2.75, 3.05) is 5.32 Å². The Morgan fingerprint density at radius 2 is 2.05 bits per heavy atom. The van der Waals surface area contributed by atoms with E-state index >= 15 is 0 Å². The maximum Gasteiger partial charge on any atom is 0.418 e. The number of benzene rings is 1. The fourth-order valence-corrected chi connectivity index (χ4v) is 2.03. The molecule has 0 aliphatic heterocycles. The monoisotopic (exact) mass is 303 g/mol. The lowest BCUT2D eigenvalue weighted by molar-refractivity contribution is -0.137. The minimum Gasteiger partial charge on any atom is -0.378 e. The predicted molar refractivity (Wildman–Crippen MR) is 71.7 cm³/mol. The number of aryl methyl sites for hydroxylation is 1. The molecule has 0 saturated carbocycles. The third kappa shape index (κ3) is 3.25. The molecular formula is C13H13ClF3N3. The highest BCUT2D eigenvalue weighted by atomic mass is 35.5. The van der Waals surface area contributed by atoms with Crippen LogP contribution in [0.3, 0.4) is 0 Å². The molecule has 1 aromatic carbocycles. The highest BCUT2D eigenvalue weighted by molar-refractivity contribution is 6.30. The second-order valence-corrected chi connectivity index (χ2v) is 4.94. The van der Waals surface area contributed by atoms with Gasteiger partial charge in [0.05, 0.1) is 17.8 Å². The number of nitrogens with one attached hydrogen (secondary N) is 1. The number of aromatic nitrogens is 2. The summed E-state index contributed by atoms with van der Waals surface area (Å²) in [6.45, 7) is 1.77. The van der Waals surface area contributed by atoms with Crippen LogP contribution in [0.2, 0.25) is 5.02 Å². The van der Waals surface area contributed by atoms with Crippen LogP contribution in [0.5, 0.6) is 0 Å². The topological polar surface area (TPSA) is 29.9 Å². The summed E-state index contributed by atoms with van der Waals surface area (Å²) in [4.78, 5) is 0. The van der Waals surface area contributed by atoms with Crippen LogP contribution in [0.25, 0.3) is 0 Å². The molecule has 20 heavy (non-hydrogen) atoms. The molecule has 1 N–H and O–H groups in total. The smallest absolute Gasteiger partial charge is 0.378 e. The molecule has 1 unspecified atom stereocenters. The third-order valence-electron chi connectivity index (χ3n) is 2.88. The molecule has 1 atom stereocenters. The van der Waals surface area contributed by atoms with Gasteiger partial charge in [-0.2, -0.15) is 18.3 Å². The minimum atomic E-state index is -4.46. The molecule has 0 radical (unpaired) electrons. The van der Waals surface area contributed by atoms with E-state index in [-0.39, 0.29) is 16.8 Å². The SMILES string of the molecule is CC(Nc1ccc(Cl)cc1C(F)(F)F)c1cnn(C)c1.